The topological polar surface area (TPSA) is 35.0 Å². The van der Waals surface area contributed by atoms with E-state index in [0.717, 1.165) is 12.1 Å². The first-order valence-electron chi connectivity index (χ1n) is 6.07. The summed E-state index contributed by atoms with van der Waals surface area (Å²) in [6.45, 7) is 8.69. The third-order valence-electron chi connectivity index (χ3n) is 2.00. The Bertz CT molecular complexity index is 493. The Morgan fingerprint density at radius 3 is 2.61 bits per heavy atom. The monoisotopic (exact) mass is 260 g/mol. The van der Waals surface area contributed by atoms with Crippen LogP contribution < -0.4 is 4.74 Å². The first-order chi connectivity index (χ1) is 8.44. The molecule has 0 fully saturated rings. The van der Waals surface area contributed by atoms with E-state index in [9.17, 15) is 0 Å². The minimum absolute atomic E-state index is 0.556. The van der Waals surface area contributed by atoms with Crippen LogP contribution in [0.3, 0.4) is 0 Å². The third-order valence-corrected chi connectivity index (χ3v) is 2.87. The van der Waals surface area contributed by atoms with E-state index in [2.05, 4.69) is 48.0 Å². The zero-order chi connectivity index (χ0) is 13.6. The van der Waals surface area contributed by atoms with Crippen LogP contribution in [0.5, 0.6) is 5.88 Å². The highest BCUT2D eigenvalue weighted by molar-refractivity contribution is 6.83. The molecule has 0 N–H and O–H groups in total. The molecule has 0 aromatic carbocycles. The molecule has 1 heterocycles. The number of hydrogen-bond acceptors (Lipinski definition) is 3. The summed E-state index contributed by atoms with van der Waals surface area (Å²) in [5, 5.41) is 0. The fourth-order valence-electron chi connectivity index (χ4n) is 1.16. The summed E-state index contributed by atoms with van der Waals surface area (Å²) in [4.78, 5) is 8.65. The number of methoxy groups -OCH3 is 1. The van der Waals surface area contributed by atoms with Crippen LogP contribution in [-0.4, -0.2) is 25.2 Å². The van der Waals surface area contributed by atoms with Gasteiger partial charge in [0, 0.05) is 6.07 Å². The standard InChI is InChI=1S/C14H20N2OSi/c1-6-7-8-13-15-12(9-10-18(3,4)5)11-14(16-13)17-2/h7-8,11H,6H2,1-5H3. The molecule has 1 aromatic heterocycles. The lowest BCUT2D eigenvalue weighted by Crippen LogP contribution is -2.16. The van der Waals surface area contributed by atoms with E-state index >= 15 is 0 Å². The van der Waals surface area contributed by atoms with Crippen molar-refractivity contribution in [1.82, 2.24) is 9.97 Å². The molecule has 3 nitrogen and oxygen atoms in total. The van der Waals surface area contributed by atoms with E-state index in [0.29, 0.717) is 11.7 Å². The van der Waals surface area contributed by atoms with Crippen molar-refractivity contribution >= 4 is 14.1 Å². The summed E-state index contributed by atoms with van der Waals surface area (Å²) < 4.78 is 5.17. The SMILES string of the molecule is CCC=Cc1nc(C#C[Si](C)(C)C)cc(OC)n1. The molecule has 0 aliphatic heterocycles. The lowest BCUT2D eigenvalue weighted by molar-refractivity contribution is 0.396. The van der Waals surface area contributed by atoms with Gasteiger partial charge in [0.05, 0.1) is 7.11 Å². The molecule has 0 unspecified atom stereocenters. The molecule has 96 valence electrons. The lowest BCUT2D eigenvalue weighted by atomic mass is 10.3. The summed E-state index contributed by atoms with van der Waals surface area (Å²) in [5.74, 6) is 4.33. The minimum Gasteiger partial charge on any atom is -0.481 e. The maximum Gasteiger partial charge on any atom is 0.217 e. The van der Waals surface area contributed by atoms with Crippen LogP contribution in [-0.2, 0) is 0 Å². The highest BCUT2D eigenvalue weighted by Gasteiger charge is 2.08. The van der Waals surface area contributed by atoms with Crippen LogP contribution in [0, 0.1) is 11.5 Å². The molecule has 18 heavy (non-hydrogen) atoms. The molecule has 1 rings (SSSR count). The largest absolute Gasteiger partial charge is 0.481 e. The second-order valence-electron chi connectivity index (χ2n) is 4.96. The maximum atomic E-state index is 5.17. The number of ether oxygens (including phenoxy) is 1. The molecule has 0 aliphatic rings. The van der Waals surface area contributed by atoms with E-state index < -0.39 is 8.07 Å². The van der Waals surface area contributed by atoms with Crippen molar-refractivity contribution in [1.29, 1.82) is 0 Å². The average Bonchev–Trinajstić information content (AvgIpc) is 2.32. The molecule has 0 spiro atoms. The van der Waals surface area contributed by atoms with Gasteiger partial charge in [-0.25, -0.2) is 4.98 Å². The fourth-order valence-corrected chi connectivity index (χ4v) is 1.66. The van der Waals surface area contributed by atoms with Gasteiger partial charge in [-0.3, -0.25) is 0 Å². The van der Waals surface area contributed by atoms with Crippen molar-refractivity contribution in [2.75, 3.05) is 7.11 Å². The van der Waals surface area contributed by atoms with Gasteiger partial charge in [0.1, 0.15) is 13.8 Å². The van der Waals surface area contributed by atoms with Gasteiger partial charge in [0.2, 0.25) is 5.88 Å². The molecule has 0 saturated carbocycles. The Balaban J connectivity index is 3.11. The number of nitrogens with zero attached hydrogens (tertiary/aromatic N) is 2. The molecule has 0 bridgehead atoms. The molecule has 4 heteroatoms. The van der Waals surface area contributed by atoms with Gasteiger partial charge in [-0.1, -0.05) is 38.6 Å². The predicted octanol–water partition coefficient (Wildman–Crippen LogP) is 3.14. The van der Waals surface area contributed by atoms with Crippen LogP contribution >= 0.6 is 0 Å². The minimum atomic E-state index is -1.39. The fraction of sp³-hybridized carbons (Fsp3) is 0.429. The summed E-state index contributed by atoms with van der Waals surface area (Å²) >= 11 is 0. The van der Waals surface area contributed by atoms with E-state index in [1.54, 1.807) is 13.2 Å². The first kappa shape index (κ1) is 14.5. The Morgan fingerprint density at radius 2 is 2.06 bits per heavy atom. The van der Waals surface area contributed by atoms with E-state index in [1.807, 2.05) is 12.2 Å². The van der Waals surface area contributed by atoms with Crippen LogP contribution in [0.2, 0.25) is 19.6 Å². The summed E-state index contributed by atoms with van der Waals surface area (Å²) in [5.41, 5.74) is 4.01. The smallest absolute Gasteiger partial charge is 0.217 e. The number of rotatable bonds is 3. The third kappa shape index (κ3) is 5.15. The summed E-state index contributed by atoms with van der Waals surface area (Å²) in [6.07, 6.45) is 4.86. The Labute approximate surface area is 110 Å². The second-order valence-corrected chi connectivity index (χ2v) is 9.71. The van der Waals surface area contributed by atoms with Gasteiger partial charge in [-0.15, -0.1) is 5.54 Å². The van der Waals surface area contributed by atoms with Gasteiger partial charge in [-0.2, -0.15) is 4.98 Å². The molecule has 0 saturated heterocycles. The maximum absolute atomic E-state index is 5.17. The quantitative estimate of drug-likeness (QED) is 0.618. The molecule has 0 radical (unpaired) electrons. The lowest BCUT2D eigenvalue weighted by Gasteiger charge is -2.04. The number of allylic oxidation sites excluding steroid dienone is 1. The van der Waals surface area contributed by atoms with E-state index in [1.165, 1.54) is 0 Å². The molecule has 1 aromatic rings. The van der Waals surface area contributed by atoms with Crippen molar-refractivity contribution in [3.05, 3.63) is 23.7 Å². The zero-order valence-electron chi connectivity index (χ0n) is 11.7. The number of aromatic nitrogens is 2. The Morgan fingerprint density at radius 1 is 1.33 bits per heavy atom. The van der Waals surface area contributed by atoms with Gasteiger partial charge in [0.25, 0.3) is 0 Å². The zero-order valence-corrected chi connectivity index (χ0v) is 12.7. The van der Waals surface area contributed by atoms with Crippen molar-refractivity contribution < 1.29 is 4.74 Å². The molecular formula is C14H20N2OSi. The summed E-state index contributed by atoms with van der Waals surface area (Å²) in [6, 6.07) is 1.77. The molecule has 0 atom stereocenters. The van der Waals surface area contributed by atoms with Crippen LogP contribution in [0.4, 0.5) is 0 Å². The molecular weight excluding hydrogens is 240 g/mol. The number of hydrogen-bond donors (Lipinski definition) is 0. The Kier molecular flexibility index (Phi) is 5.11. The van der Waals surface area contributed by atoms with Crippen molar-refractivity contribution in [3.63, 3.8) is 0 Å². The van der Waals surface area contributed by atoms with E-state index in [-0.39, 0.29) is 0 Å². The van der Waals surface area contributed by atoms with Gasteiger partial charge in [-0.05, 0) is 12.5 Å². The van der Waals surface area contributed by atoms with Crippen LogP contribution in [0.25, 0.3) is 6.08 Å². The molecule has 0 aliphatic carbocycles. The van der Waals surface area contributed by atoms with Crippen LogP contribution in [0.15, 0.2) is 12.1 Å². The van der Waals surface area contributed by atoms with Crippen molar-refractivity contribution in [2.24, 2.45) is 0 Å². The van der Waals surface area contributed by atoms with Gasteiger partial charge >= 0.3 is 0 Å². The highest BCUT2D eigenvalue weighted by atomic mass is 28.3. The van der Waals surface area contributed by atoms with Crippen molar-refractivity contribution in [2.45, 2.75) is 33.0 Å². The molecule has 0 amide bonds. The van der Waals surface area contributed by atoms with Gasteiger partial charge < -0.3 is 4.74 Å². The summed E-state index contributed by atoms with van der Waals surface area (Å²) in [7, 11) is 0.212. The second kappa shape index (κ2) is 6.36. The van der Waals surface area contributed by atoms with Gasteiger partial charge in [0.15, 0.2) is 5.82 Å². The highest BCUT2D eigenvalue weighted by Crippen LogP contribution is 2.10. The van der Waals surface area contributed by atoms with Crippen molar-refractivity contribution in [3.8, 4) is 17.3 Å². The average molecular weight is 260 g/mol. The van der Waals surface area contributed by atoms with Crippen LogP contribution in [0.1, 0.15) is 24.9 Å². The van der Waals surface area contributed by atoms with E-state index in [4.69, 9.17) is 4.74 Å². The first-order valence-corrected chi connectivity index (χ1v) is 9.57. The normalized spacial score (nSPS) is 11.2. The Hall–Kier alpha value is -1.60. The predicted molar refractivity (Wildman–Crippen MR) is 78.1 cm³/mol.